The van der Waals surface area contributed by atoms with Crippen molar-refractivity contribution in [1.82, 2.24) is 14.8 Å². The second-order valence-corrected chi connectivity index (χ2v) is 8.03. The molecule has 4 rings (SSSR count). The molecule has 1 atom stereocenters. The minimum atomic E-state index is -1.87. The Morgan fingerprint density at radius 2 is 1.78 bits per heavy atom. The fourth-order valence-corrected chi connectivity index (χ4v) is 3.56. The lowest BCUT2D eigenvalue weighted by atomic mass is 9.94. The maximum Gasteiger partial charge on any atom is 0.185 e. The zero-order valence-corrected chi connectivity index (χ0v) is 19.3. The van der Waals surface area contributed by atoms with Gasteiger partial charge < -0.3 is 14.6 Å². The number of aliphatic hydroxyl groups is 1. The molecule has 0 aliphatic rings. The first-order chi connectivity index (χ1) is 17.4. The Balaban J connectivity index is 1.45. The quantitative estimate of drug-likeness (QED) is 0.261. The Hall–Kier alpha value is -4.37. The first-order valence-electron chi connectivity index (χ1n) is 11.0. The number of allylic oxidation sites excluding steroid dienone is 1. The number of hydrogen-bond donors (Lipinski definition) is 1. The molecule has 0 bridgehead atoms. The first-order valence-corrected chi connectivity index (χ1v) is 11.0. The van der Waals surface area contributed by atoms with E-state index in [9.17, 15) is 18.7 Å². The Morgan fingerprint density at radius 3 is 2.42 bits per heavy atom. The van der Waals surface area contributed by atoms with Crippen molar-refractivity contribution in [2.45, 2.75) is 12.1 Å². The van der Waals surface area contributed by atoms with Gasteiger partial charge in [0, 0.05) is 17.2 Å². The second kappa shape index (κ2) is 10.9. The summed E-state index contributed by atoms with van der Waals surface area (Å²) in [6.07, 6.45) is 5.81. The molecule has 0 aliphatic heterocycles. The van der Waals surface area contributed by atoms with Crippen LogP contribution in [0.15, 0.2) is 85.5 Å². The summed E-state index contributed by atoms with van der Waals surface area (Å²) in [7, 11) is 1.58. The number of methoxy groups -OCH3 is 1. The van der Waals surface area contributed by atoms with Gasteiger partial charge in [-0.15, -0.1) is 0 Å². The normalized spacial score (nSPS) is 12.9. The van der Waals surface area contributed by atoms with E-state index >= 15 is 0 Å². The van der Waals surface area contributed by atoms with Gasteiger partial charge in [0.25, 0.3) is 0 Å². The highest BCUT2D eigenvalue weighted by molar-refractivity contribution is 6.06. The van der Waals surface area contributed by atoms with Crippen molar-refractivity contribution in [3.8, 4) is 11.5 Å². The van der Waals surface area contributed by atoms with Crippen LogP contribution >= 0.6 is 0 Å². The van der Waals surface area contributed by atoms with Crippen molar-refractivity contribution >= 4 is 11.9 Å². The van der Waals surface area contributed by atoms with E-state index in [0.29, 0.717) is 17.4 Å². The summed E-state index contributed by atoms with van der Waals surface area (Å²) < 4.78 is 40.1. The van der Waals surface area contributed by atoms with E-state index in [4.69, 9.17) is 9.47 Å². The summed E-state index contributed by atoms with van der Waals surface area (Å²) >= 11 is 0. The molecule has 0 aliphatic carbocycles. The molecule has 0 saturated heterocycles. The lowest BCUT2D eigenvalue weighted by Gasteiger charge is -2.29. The highest BCUT2D eigenvalue weighted by Gasteiger charge is 2.34. The first kappa shape index (κ1) is 24.7. The van der Waals surface area contributed by atoms with Gasteiger partial charge in [0.2, 0.25) is 0 Å². The molecule has 1 aromatic heterocycles. The predicted octanol–water partition coefficient (Wildman–Crippen LogP) is 4.43. The molecule has 1 unspecified atom stereocenters. The van der Waals surface area contributed by atoms with E-state index in [1.54, 1.807) is 49.6 Å². The number of rotatable bonds is 10. The molecule has 4 aromatic rings. The predicted molar refractivity (Wildman–Crippen MR) is 129 cm³/mol. The maximum absolute atomic E-state index is 14.5. The molecule has 1 N–H and O–H groups in total. The largest absolute Gasteiger partial charge is 0.497 e. The summed E-state index contributed by atoms with van der Waals surface area (Å²) in [6, 6.07) is 16.5. The number of benzene rings is 3. The van der Waals surface area contributed by atoms with E-state index in [0.717, 1.165) is 17.4 Å². The number of carbonyl (C=O) groups is 1. The number of aromatic nitrogens is 3. The van der Waals surface area contributed by atoms with E-state index in [2.05, 4.69) is 10.1 Å². The molecular weight excluding hydrogens is 468 g/mol. The van der Waals surface area contributed by atoms with Gasteiger partial charge in [0.1, 0.15) is 48.0 Å². The molecule has 36 heavy (non-hydrogen) atoms. The van der Waals surface area contributed by atoms with Crippen molar-refractivity contribution < 1.29 is 28.2 Å². The van der Waals surface area contributed by atoms with Crippen LogP contribution in [0.25, 0.3) is 6.08 Å². The minimum Gasteiger partial charge on any atom is -0.497 e. The Kier molecular flexibility index (Phi) is 7.50. The highest BCUT2D eigenvalue weighted by Crippen LogP contribution is 2.28. The lowest BCUT2D eigenvalue weighted by molar-refractivity contribution is -0.0297. The van der Waals surface area contributed by atoms with Crippen LogP contribution in [0.1, 0.15) is 21.5 Å². The van der Waals surface area contributed by atoms with E-state index < -0.39 is 17.2 Å². The molecule has 7 nitrogen and oxygen atoms in total. The van der Waals surface area contributed by atoms with Crippen molar-refractivity contribution in [3.63, 3.8) is 0 Å². The summed E-state index contributed by atoms with van der Waals surface area (Å²) in [5, 5.41) is 15.2. The minimum absolute atomic E-state index is 0.144. The van der Waals surface area contributed by atoms with E-state index in [1.807, 2.05) is 12.1 Å². The van der Waals surface area contributed by atoms with Crippen LogP contribution in [0.2, 0.25) is 0 Å². The molecule has 0 spiro atoms. The third-order valence-corrected chi connectivity index (χ3v) is 5.48. The molecule has 1 heterocycles. The van der Waals surface area contributed by atoms with Crippen LogP contribution in [0.5, 0.6) is 11.5 Å². The van der Waals surface area contributed by atoms with Crippen LogP contribution in [0, 0.1) is 11.6 Å². The van der Waals surface area contributed by atoms with Gasteiger partial charge in [-0.1, -0.05) is 24.3 Å². The van der Waals surface area contributed by atoms with Gasteiger partial charge in [0.05, 0.1) is 13.7 Å². The molecule has 3 aromatic carbocycles. The third-order valence-electron chi connectivity index (χ3n) is 5.48. The Labute approximate surface area is 206 Å². The number of ether oxygens (including phenoxy) is 2. The van der Waals surface area contributed by atoms with Gasteiger partial charge in [0.15, 0.2) is 5.78 Å². The van der Waals surface area contributed by atoms with Crippen molar-refractivity contribution in [1.29, 1.82) is 0 Å². The van der Waals surface area contributed by atoms with Gasteiger partial charge in [-0.2, -0.15) is 5.10 Å². The molecule has 184 valence electrons. The number of ketones is 1. The van der Waals surface area contributed by atoms with Gasteiger partial charge >= 0.3 is 0 Å². The Bertz CT molecular complexity index is 1340. The standard InChI is InChI=1S/C27H23F2N3O4/c1-35-22-8-2-19(3-9-22)4-13-26(33)20-5-10-23(11-6-20)36-16-27(34,15-32-18-30-17-31-32)24-12-7-21(28)14-25(24)29/h2-14,17-18,34H,15-16H2,1H3/b13-4+. The molecular formula is C27H23F2N3O4. The molecule has 9 heteroatoms. The topological polar surface area (TPSA) is 86.5 Å². The lowest BCUT2D eigenvalue weighted by Crippen LogP contribution is -2.39. The van der Waals surface area contributed by atoms with Crippen molar-refractivity contribution in [3.05, 3.63) is 114 Å². The van der Waals surface area contributed by atoms with E-state index in [-0.39, 0.29) is 24.5 Å². The van der Waals surface area contributed by atoms with Gasteiger partial charge in [-0.3, -0.25) is 4.79 Å². The molecule has 0 amide bonds. The average Bonchev–Trinajstić information content (AvgIpc) is 3.39. The zero-order chi connectivity index (χ0) is 25.5. The summed E-state index contributed by atoms with van der Waals surface area (Å²) in [4.78, 5) is 16.3. The molecule has 0 fully saturated rings. The Morgan fingerprint density at radius 1 is 1.06 bits per heavy atom. The number of carbonyl (C=O) groups excluding carboxylic acids is 1. The third kappa shape index (κ3) is 6.00. The maximum atomic E-state index is 14.5. The summed E-state index contributed by atoms with van der Waals surface area (Å²) in [5.41, 5.74) is -0.727. The summed E-state index contributed by atoms with van der Waals surface area (Å²) in [6.45, 7) is -0.539. The van der Waals surface area contributed by atoms with E-state index in [1.165, 1.54) is 29.5 Å². The van der Waals surface area contributed by atoms with Crippen LogP contribution in [0.4, 0.5) is 8.78 Å². The fourth-order valence-electron chi connectivity index (χ4n) is 3.56. The molecule has 0 radical (unpaired) electrons. The van der Waals surface area contributed by atoms with Crippen LogP contribution in [0.3, 0.4) is 0 Å². The van der Waals surface area contributed by atoms with Crippen molar-refractivity contribution in [2.75, 3.05) is 13.7 Å². The number of hydrogen-bond acceptors (Lipinski definition) is 6. The number of nitrogens with zero attached hydrogens (tertiary/aromatic N) is 3. The fraction of sp³-hybridized carbons (Fsp3) is 0.148. The highest BCUT2D eigenvalue weighted by atomic mass is 19.1. The molecule has 0 saturated carbocycles. The monoisotopic (exact) mass is 491 g/mol. The summed E-state index contributed by atoms with van der Waals surface area (Å²) in [5.74, 6) is -0.796. The van der Waals surface area contributed by atoms with Crippen LogP contribution < -0.4 is 9.47 Å². The van der Waals surface area contributed by atoms with Crippen LogP contribution in [-0.2, 0) is 12.1 Å². The number of halogens is 2. The van der Waals surface area contributed by atoms with Gasteiger partial charge in [-0.25, -0.2) is 18.4 Å². The second-order valence-electron chi connectivity index (χ2n) is 8.03. The van der Waals surface area contributed by atoms with Gasteiger partial charge in [-0.05, 0) is 54.1 Å². The zero-order valence-electron chi connectivity index (χ0n) is 19.3. The average molecular weight is 491 g/mol. The smallest absolute Gasteiger partial charge is 0.185 e. The van der Waals surface area contributed by atoms with Crippen LogP contribution in [-0.4, -0.2) is 39.4 Å². The SMILES string of the molecule is COc1ccc(/C=C/C(=O)c2ccc(OCC(O)(Cn3cncn3)c3ccc(F)cc3F)cc2)cc1. The van der Waals surface area contributed by atoms with Crippen molar-refractivity contribution in [2.24, 2.45) is 0 Å².